The van der Waals surface area contributed by atoms with Crippen molar-refractivity contribution in [2.45, 2.75) is 20.4 Å². The van der Waals surface area contributed by atoms with Crippen molar-refractivity contribution in [3.05, 3.63) is 83.2 Å². The minimum atomic E-state index is -0.209. The number of aromatic nitrogens is 2. The van der Waals surface area contributed by atoms with Crippen molar-refractivity contribution in [1.82, 2.24) is 9.97 Å². The predicted octanol–water partition coefficient (Wildman–Crippen LogP) is 3.98. The highest BCUT2D eigenvalue weighted by molar-refractivity contribution is 6.04. The standard InChI is InChI=1S/C21H22N4O/c1-15-8-7-9-16(2)19(15)24-20(26)18-12-22-21(23-13-18)25(3)14-17-10-5-4-6-11-17/h4-13H,14H2,1-3H3,(H,24,26). The monoisotopic (exact) mass is 346 g/mol. The summed E-state index contributed by atoms with van der Waals surface area (Å²) in [6, 6.07) is 16.0. The number of rotatable bonds is 5. The molecule has 0 bridgehead atoms. The topological polar surface area (TPSA) is 58.1 Å². The lowest BCUT2D eigenvalue weighted by Gasteiger charge is -2.17. The summed E-state index contributed by atoms with van der Waals surface area (Å²) >= 11 is 0. The van der Waals surface area contributed by atoms with Crippen molar-refractivity contribution in [1.29, 1.82) is 0 Å². The van der Waals surface area contributed by atoms with Crippen molar-refractivity contribution in [3.63, 3.8) is 0 Å². The van der Waals surface area contributed by atoms with Crippen LogP contribution in [0.4, 0.5) is 11.6 Å². The molecular formula is C21H22N4O. The zero-order chi connectivity index (χ0) is 18.5. The van der Waals surface area contributed by atoms with E-state index in [2.05, 4.69) is 27.4 Å². The van der Waals surface area contributed by atoms with Crippen molar-refractivity contribution in [3.8, 4) is 0 Å². The first-order valence-electron chi connectivity index (χ1n) is 8.49. The summed E-state index contributed by atoms with van der Waals surface area (Å²) in [5.41, 5.74) is 4.50. The number of anilines is 2. The van der Waals surface area contributed by atoms with Gasteiger partial charge in [-0.1, -0.05) is 48.5 Å². The summed E-state index contributed by atoms with van der Waals surface area (Å²) in [6.07, 6.45) is 3.12. The summed E-state index contributed by atoms with van der Waals surface area (Å²) in [6.45, 7) is 4.65. The third kappa shape index (κ3) is 4.06. The number of aryl methyl sites for hydroxylation is 2. The van der Waals surface area contributed by atoms with Gasteiger partial charge in [-0.15, -0.1) is 0 Å². The Morgan fingerprint density at radius 1 is 0.962 bits per heavy atom. The Morgan fingerprint density at radius 2 is 1.58 bits per heavy atom. The highest BCUT2D eigenvalue weighted by atomic mass is 16.1. The molecule has 2 aromatic carbocycles. The Hall–Kier alpha value is -3.21. The number of para-hydroxylation sites is 1. The zero-order valence-corrected chi connectivity index (χ0v) is 15.2. The summed E-state index contributed by atoms with van der Waals surface area (Å²) < 4.78 is 0. The molecule has 5 nitrogen and oxygen atoms in total. The van der Waals surface area contributed by atoms with Crippen LogP contribution in [-0.2, 0) is 6.54 Å². The lowest BCUT2D eigenvalue weighted by Crippen LogP contribution is -2.20. The highest BCUT2D eigenvalue weighted by Crippen LogP contribution is 2.20. The molecule has 0 spiro atoms. The number of carbonyl (C=O) groups is 1. The van der Waals surface area contributed by atoms with E-state index >= 15 is 0 Å². The first-order chi connectivity index (χ1) is 12.5. The van der Waals surface area contributed by atoms with E-state index in [4.69, 9.17) is 0 Å². The SMILES string of the molecule is Cc1cccc(C)c1NC(=O)c1cnc(N(C)Cc2ccccc2)nc1. The highest BCUT2D eigenvalue weighted by Gasteiger charge is 2.12. The molecule has 0 aliphatic carbocycles. The number of hydrogen-bond donors (Lipinski definition) is 1. The maximum absolute atomic E-state index is 12.5. The fraction of sp³-hybridized carbons (Fsp3) is 0.190. The second kappa shape index (κ2) is 7.78. The lowest BCUT2D eigenvalue weighted by molar-refractivity contribution is 0.102. The quantitative estimate of drug-likeness (QED) is 0.759. The summed E-state index contributed by atoms with van der Waals surface area (Å²) in [5, 5.41) is 2.95. The van der Waals surface area contributed by atoms with Gasteiger partial charge in [-0.3, -0.25) is 4.79 Å². The van der Waals surface area contributed by atoms with E-state index in [0.29, 0.717) is 18.1 Å². The second-order valence-electron chi connectivity index (χ2n) is 6.33. The van der Waals surface area contributed by atoms with Crippen LogP contribution in [0.15, 0.2) is 60.9 Å². The maximum Gasteiger partial charge on any atom is 0.258 e. The van der Waals surface area contributed by atoms with Crippen LogP contribution in [0.3, 0.4) is 0 Å². The van der Waals surface area contributed by atoms with E-state index in [1.807, 2.05) is 62.2 Å². The Balaban J connectivity index is 1.70. The van der Waals surface area contributed by atoms with Crippen LogP contribution in [-0.4, -0.2) is 22.9 Å². The Kier molecular flexibility index (Phi) is 5.27. The Labute approximate surface area is 153 Å². The summed E-state index contributed by atoms with van der Waals surface area (Å²) in [5.74, 6) is 0.372. The fourth-order valence-corrected chi connectivity index (χ4v) is 2.76. The van der Waals surface area contributed by atoms with Crippen LogP contribution >= 0.6 is 0 Å². The molecule has 0 atom stereocenters. The van der Waals surface area contributed by atoms with Gasteiger partial charge in [0.15, 0.2) is 0 Å². The van der Waals surface area contributed by atoms with E-state index in [-0.39, 0.29) is 5.91 Å². The number of nitrogens with zero attached hydrogens (tertiary/aromatic N) is 3. The van der Waals surface area contributed by atoms with Crippen LogP contribution in [0.5, 0.6) is 0 Å². The van der Waals surface area contributed by atoms with Crippen LogP contribution in [0, 0.1) is 13.8 Å². The van der Waals surface area contributed by atoms with Gasteiger partial charge in [0.25, 0.3) is 5.91 Å². The van der Waals surface area contributed by atoms with Crippen molar-refractivity contribution in [2.75, 3.05) is 17.3 Å². The fourth-order valence-electron chi connectivity index (χ4n) is 2.76. The van der Waals surface area contributed by atoms with E-state index in [1.54, 1.807) is 12.4 Å². The molecule has 5 heteroatoms. The molecule has 1 aromatic heterocycles. The molecule has 3 aromatic rings. The van der Waals surface area contributed by atoms with Gasteiger partial charge >= 0.3 is 0 Å². The summed E-state index contributed by atoms with van der Waals surface area (Å²) in [4.78, 5) is 23.1. The molecule has 1 heterocycles. The first-order valence-corrected chi connectivity index (χ1v) is 8.49. The van der Waals surface area contributed by atoms with Gasteiger partial charge in [0, 0.05) is 31.7 Å². The van der Waals surface area contributed by atoms with Gasteiger partial charge in [0.2, 0.25) is 5.95 Å². The first kappa shape index (κ1) is 17.6. The molecule has 0 saturated heterocycles. The van der Waals surface area contributed by atoms with E-state index in [1.165, 1.54) is 5.56 Å². The molecular weight excluding hydrogens is 324 g/mol. The molecule has 0 fully saturated rings. The van der Waals surface area contributed by atoms with Crippen LogP contribution in [0.25, 0.3) is 0 Å². The number of hydrogen-bond acceptors (Lipinski definition) is 4. The average Bonchev–Trinajstić information content (AvgIpc) is 2.65. The average molecular weight is 346 g/mol. The van der Waals surface area contributed by atoms with Gasteiger partial charge in [-0.05, 0) is 30.5 Å². The number of carbonyl (C=O) groups excluding carboxylic acids is 1. The smallest absolute Gasteiger partial charge is 0.258 e. The second-order valence-corrected chi connectivity index (χ2v) is 6.33. The molecule has 0 saturated carbocycles. The number of amides is 1. The van der Waals surface area contributed by atoms with Crippen LogP contribution < -0.4 is 10.2 Å². The van der Waals surface area contributed by atoms with Crippen molar-refractivity contribution < 1.29 is 4.79 Å². The lowest BCUT2D eigenvalue weighted by atomic mass is 10.1. The third-order valence-corrected chi connectivity index (χ3v) is 4.22. The third-order valence-electron chi connectivity index (χ3n) is 4.22. The van der Waals surface area contributed by atoms with Gasteiger partial charge in [0.1, 0.15) is 0 Å². The predicted molar refractivity (Wildman–Crippen MR) is 104 cm³/mol. The van der Waals surface area contributed by atoms with Gasteiger partial charge in [-0.25, -0.2) is 9.97 Å². The molecule has 26 heavy (non-hydrogen) atoms. The molecule has 0 unspecified atom stereocenters. The number of benzene rings is 2. The number of nitrogens with one attached hydrogen (secondary N) is 1. The minimum Gasteiger partial charge on any atom is -0.340 e. The zero-order valence-electron chi connectivity index (χ0n) is 15.2. The van der Waals surface area contributed by atoms with Crippen molar-refractivity contribution in [2.24, 2.45) is 0 Å². The normalized spacial score (nSPS) is 10.4. The molecule has 3 rings (SSSR count). The van der Waals surface area contributed by atoms with E-state index in [9.17, 15) is 4.79 Å². The molecule has 0 radical (unpaired) electrons. The van der Waals surface area contributed by atoms with Gasteiger partial charge in [0.05, 0.1) is 5.56 Å². The Morgan fingerprint density at radius 3 is 2.19 bits per heavy atom. The molecule has 132 valence electrons. The van der Waals surface area contributed by atoms with E-state index in [0.717, 1.165) is 16.8 Å². The van der Waals surface area contributed by atoms with Crippen LogP contribution in [0.1, 0.15) is 27.0 Å². The van der Waals surface area contributed by atoms with Gasteiger partial charge < -0.3 is 10.2 Å². The van der Waals surface area contributed by atoms with Crippen LogP contribution in [0.2, 0.25) is 0 Å². The van der Waals surface area contributed by atoms with E-state index < -0.39 is 0 Å². The molecule has 0 aliphatic heterocycles. The Bertz CT molecular complexity index is 871. The van der Waals surface area contributed by atoms with Gasteiger partial charge in [-0.2, -0.15) is 0 Å². The molecule has 1 amide bonds. The molecule has 1 N–H and O–H groups in total. The minimum absolute atomic E-state index is 0.209. The maximum atomic E-state index is 12.5. The summed E-state index contributed by atoms with van der Waals surface area (Å²) in [7, 11) is 1.93. The molecule has 0 aliphatic rings. The van der Waals surface area contributed by atoms with Crippen molar-refractivity contribution >= 4 is 17.5 Å². The largest absolute Gasteiger partial charge is 0.340 e.